The highest BCUT2D eigenvalue weighted by molar-refractivity contribution is 5.96. The molecular weight excluding hydrogens is 332 g/mol. The lowest BCUT2D eigenvalue weighted by atomic mass is 10.1. The number of aryl methyl sites for hydroxylation is 2. The van der Waals surface area contributed by atoms with Crippen LogP contribution in [0.5, 0.6) is 11.5 Å². The molecule has 0 heterocycles. The Morgan fingerprint density at radius 1 is 1.00 bits per heavy atom. The predicted molar refractivity (Wildman–Crippen MR) is 101 cm³/mol. The third-order valence-electron chi connectivity index (χ3n) is 3.91. The summed E-state index contributed by atoms with van der Waals surface area (Å²) in [6.07, 6.45) is -0.726. The van der Waals surface area contributed by atoms with Gasteiger partial charge in [0.2, 0.25) is 5.91 Å². The van der Waals surface area contributed by atoms with E-state index in [1.54, 1.807) is 38.3 Å². The first-order valence-electron chi connectivity index (χ1n) is 8.35. The molecule has 1 unspecified atom stereocenters. The molecule has 2 aromatic rings. The molecule has 2 N–H and O–H groups in total. The van der Waals surface area contributed by atoms with Gasteiger partial charge >= 0.3 is 0 Å². The summed E-state index contributed by atoms with van der Waals surface area (Å²) in [5.41, 5.74) is 2.72. The van der Waals surface area contributed by atoms with Gasteiger partial charge in [0.05, 0.1) is 13.7 Å². The quantitative estimate of drug-likeness (QED) is 0.800. The van der Waals surface area contributed by atoms with Gasteiger partial charge in [-0.05, 0) is 56.2 Å². The third-order valence-corrected chi connectivity index (χ3v) is 3.91. The van der Waals surface area contributed by atoms with Gasteiger partial charge < -0.3 is 20.1 Å². The highest BCUT2D eigenvalue weighted by Gasteiger charge is 2.16. The molecule has 0 radical (unpaired) electrons. The van der Waals surface area contributed by atoms with E-state index in [1.807, 2.05) is 32.0 Å². The summed E-state index contributed by atoms with van der Waals surface area (Å²) in [5.74, 6) is 0.607. The number of benzene rings is 2. The summed E-state index contributed by atoms with van der Waals surface area (Å²) in [5, 5.41) is 5.41. The fourth-order valence-electron chi connectivity index (χ4n) is 2.42. The number of amides is 2. The van der Waals surface area contributed by atoms with Crippen LogP contribution in [0, 0.1) is 13.8 Å². The average Bonchev–Trinajstić information content (AvgIpc) is 2.63. The third kappa shape index (κ3) is 5.24. The van der Waals surface area contributed by atoms with Gasteiger partial charge in [-0.15, -0.1) is 0 Å². The van der Waals surface area contributed by atoms with Gasteiger partial charge in [0.15, 0.2) is 6.10 Å². The fraction of sp³-hybridized carbons (Fsp3) is 0.300. The van der Waals surface area contributed by atoms with Crippen molar-refractivity contribution in [3.63, 3.8) is 0 Å². The molecule has 0 bridgehead atoms. The zero-order valence-electron chi connectivity index (χ0n) is 15.5. The molecular formula is C20H24N2O4. The van der Waals surface area contributed by atoms with Crippen LogP contribution in [0.3, 0.4) is 0 Å². The number of anilines is 1. The normalized spacial score (nSPS) is 11.4. The second-order valence-corrected chi connectivity index (χ2v) is 5.97. The maximum Gasteiger partial charge on any atom is 0.261 e. The van der Waals surface area contributed by atoms with Gasteiger partial charge in [0.25, 0.3) is 5.91 Å². The highest BCUT2D eigenvalue weighted by Crippen LogP contribution is 2.19. The van der Waals surface area contributed by atoms with Crippen LogP contribution in [0.15, 0.2) is 42.5 Å². The Morgan fingerprint density at radius 3 is 2.15 bits per heavy atom. The van der Waals surface area contributed by atoms with E-state index in [-0.39, 0.29) is 18.4 Å². The number of nitrogens with one attached hydrogen (secondary N) is 2. The van der Waals surface area contributed by atoms with Crippen LogP contribution in [-0.4, -0.2) is 31.6 Å². The SMILES string of the molecule is COc1ccc(OC(C)C(=O)NCC(=O)Nc2c(C)cccc2C)cc1. The minimum absolute atomic E-state index is 0.122. The fourth-order valence-corrected chi connectivity index (χ4v) is 2.42. The van der Waals surface area contributed by atoms with Gasteiger partial charge in [-0.1, -0.05) is 18.2 Å². The number of rotatable bonds is 7. The average molecular weight is 356 g/mol. The molecule has 0 aliphatic heterocycles. The lowest BCUT2D eigenvalue weighted by Gasteiger charge is -2.15. The molecule has 2 aromatic carbocycles. The second-order valence-electron chi connectivity index (χ2n) is 5.97. The molecule has 0 aliphatic rings. The first-order chi connectivity index (χ1) is 12.4. The van der Waals surface area contributed by atoms with Crippen LogP contribution in [0.4, 0.5) is 5.69 Å². The number of para-hydroxylation sites is 1. The molecule has 0 fully saturated rings. The van der Waals surface area contributed by atoms with Gasteiger partial charge in [0, 0.05) is 5.69 Å². The topological polar surface area (TPSA) is 76.7 Å². The number of carbonyl (C=O) groups excluding carboxylic acids is 2. The summed E-state index contributed by atoms with van der Waals surface area (Å²) >= 11 is 0. The van der Waals surface area contributed by atoms with Crippen LogP contribution in [0.2, 0.25) is 0 Å². The Hall–Kier alpha value is -3.02. The van der Waals surface area contributed by atoms with E-state index in [1.165, 1.54) is 0 Å². The predicted octanol–water partition coefficient (Wildman–Crippen LogP) is 2.83. The van der Waals surface area contributed by atoms with E-state index >= 15 is 0 Å². The van der Waals surface area contributed by atoms with Crippen molar-refractivity contribution in [1.82, 2.24) is 5.32 Å². The minimum atomic E-state index is -0.726. The van der Waals surface area contributed by atoms with Gasteiger partial charge in [-0.3, -0.25) is 9.59 Å². The van der Waals surface area contributed by atoms with E-state index in [4.69, 9.17) is 9.47 Å². The molecule has 26 heavy (non-hydrogen) atoms. The first kappa shape index (κ1) is 19.3. The summed E-state index contributed by atoms with van der Waals surface area (Å²) < 4.78 is 10.6. The highest BCUT2D eigenvalue weighted by atomic mass is 16.5. The lowest BCUT2D eigenvalue weighted by Crippen LogP contribution is -2.40. The number of hydrogen-bond acceptors (Lipinski definition) is 4. The molecule has 0 aromatic heterocycles. The van der Waals surface area contributed by atoms with Crippen LogP contribution < -0.4 is 20.1 Å². The van der Waals surface area contributed by atoms with Crippen molar-refractivity contribution in [3.8, 4) is 11.5 Å². The molecule has 0 saturated carbocycles. The molecule has 0 aliphatic carbocycles. The summed E-state index contributed by atoms with van der Waals surface area (Å²) in [4.78, 5) is 24.2. The Labute approximate surface area is 153 Å². The minimum Gasteiger partial charge on any atom is -0.497 e. The van der Waals surface area contributed by atoms with Crippen LogP contribution in [0.25, 0.3) is 0 Å². The standard InChI is InChI=1S/C20H24N2O4/c1-13-6-5-7-14(2)19(13)22-18(23)12-21-20(24)15(3)26-17-10-8-16(25-4)9-11-17/h5-11,15H,12H2,1-4H3,(H,21,24)(H,22,23). The van der Waals surface area contributed by atoms with E-state index < -0.39 is 6.10 Å². The van der Waals surface area contributed by atoms with Gasteiger partial charge in [-0.2, -0.15) is 0 Å². The number of methoxy groups -OCH3 is 1. The van der Waals surface area contributed by atoms with E-state index in [0.29, 0.717) is 11.5 Å². The molecule has 2 amide bonds. The monoisotopic (exact) mass is 356 g/mol. The van der Waals surface area contributed by atoms with Gasteiger partial charge in [-0.25, -0.2) is 0 Å². The van der Waals surface area contributed by atoms with Crippen molar-refractivity contribution in [1.29, 1.82) is 0 Å². The molecule has 2 rings (SSSR count). The summed E-state index contributed by atoms with van der Waals surface area (Å²) in [6.45, 7) is 5.35. The maximum absolute atomic E-state index is 12.1. The Balaban J connectivity index is 1.83. The van der Waals surface area contributed by atoms with Crippen LogP contribution >= 0.6 is 0 Å². The van der Waals surface area contributed by atoms with E-state index in [9.17, 15) is 9.59 Å². The van der Waals surface area contributed by atoms with E-state index in [0.717, 1.165) is 16.8 Å². The largest absolute Gasteiger partial charge is 0.497 e. The number of hydrogen-bond donors (Lipinski definition) is 2. The molecule has 138 valence electrons. The Kier molecular flexibility index (Phi) is 6.60. The molecule has 6 nitrogen and oxygen atoms in total. The maximum atomic E-state index is 12.1. The molecule has 0 saturated heterocycles. The zero-order chi connectivity index (χ0) is 19.1. The van der Waals surface area contributed by atoms with Crippen molar-refractivity contribution >= 4 is 17.5 Å². The smallest absolute Gasteiger partial charge is 0.261 e. The second kappa shape index (κ2) is 8.89. The van der Waals surface area contributed by atoms with Crippen LogP contribution in [0.1, 0.15) is 18.1 Å². The molecule has 1 atom stereocenters. The van der Waals surface area contributed by atoms with Crippen molar-refractivity contribution in [2.45, 2.75) is 26.9 Å². The van der Waals surface area contributed by atoms with E-state index in [2.05, 4.69) is 10.6 Å². The van der Waals surface area contributed by atoms with Gasteiger partial charge in [0.1, 0.15) is 11.5 Å². The van der Waals surface area contributed by atoms with Crippen molar-refractivity contribution in [3.05, 3.63) is 53.6 Å². The lowest BCUT2D eigenvalue weighted by molar-refractivity contribution is -0.129. The van der Waals surface area contributed by atoms with Crippen molar-refractivity contribution in [2.24, 2.45) is 0 Å². The van der Waals surface area contributed by atoms with Crippen LogP contribution in [-0.2, 0) is 9.59 Å². The molecule has 6 heteroatoms. The summed E-state index contributed by atoms with van der Waals surface area (Å²) in [6, 6.07) is 12.7. The zero-order valence-corrected chi connectivity index (χ0v) is 15.5. The number of ether oxygens (including phenoxy) is 2. The van der Waals surface area contributed by atoms with Crippen molar-refractivity contribution < 1.29 is 19.1 Å². The Bertz CT molecular complexity index is 752. The molecule has 0 spiro atoms. The first-order valence-corrected chi connectivity index (χ1v) is 8.35. The Morgan fingerprint density at radius 2 is 1.58 bits per heavy atom. The summed E-state index contributed by atoms with van der Waals surface area (Å²) in [7, 11) is 1.58. The van der Waals surface area contributed by atoms with Crippen molar-refractivity contribution in [2.75, 3.05) is 19.0 Å². The number of carbonyl (C=O) groups is 2.